The number of anilines is 2. The fourth-order valence-electron chi connectivity index (χ4n) is 2.77. The molecular formula is C25H33NO. The highest BCUT2D eigenvalue weighted by atomic mass is 16.5. The van der Waals surface area contributed by atoms with E-state index in [1.165, 1.54) is 5.56 Å². The lowest BCUT2D eigenvalue weighted by Crippen LogP contribution is -2.24. The van der Waals surface area contributed by atoms with Crippen molar-refractivity contribution < 1.29 is 4.74 Å². The van der Waals surface area contributed by atoms with Gasteiger partial charge in [0.15, 0.2) is 5.75 Å². The Morgan fingerprint density at radius 2 is 1.67 bits per heavy atom. The highest BCUT2D eigenvalue weighted by Gasteiger charge is 2.26. The normalized spacial score (nSPS) is 12.3. The van der Waals surface area contributed by atoms with Gasteiger partial charge in [-0.25, -0.2) is 0 Å². The van der Waals surface area contributed by atoms with E-state index in [1.807, 2.05) is 40.7 Å². The lowest BCUT2D eigenvalue weighted by molar-refractivity contribution is 0.426. The number of ether oxygens (including phenoxy) is 1. The van der Waals surface area contributed by atoms with Crippen LogP contribution in [-0.2, 0) is 0 Å². The molecule has 0 saturated carbocycles. The van der Waals surface area contributed by atoms with Crippen LogP contribution in [-0.4, -0.2) is 0 Å². The molecule has 0 saturated heterocycles. The minimum absolute atomic E-state index is 0.792. The van der Waals surface area contributed by atoms with E-state index in [2.05, 4.69) is 73.0 Å². The van der Waals surface area contributed by atoms with E-state index in [9.17, 15) is 0 Å². The minimum atomic E-state index is 0.792. The van der Waals surface area contributed by atoms with Gasteiger partial charge in [-0.05, 0) is 49.8 Å². The number of hydrogen-bond donors (Lipinski definition) is 0. The second-order valence-corrected chi connectivity index (χ2v) is 5.53. The van der Waals surface area contributed by atoms with Crippen LogP contribution in [0.3, 0.4) is 0 Å². The first-order valence-electron chi connectivity index (χ1n) is 9.85. The van der Waals surface area contributed by atoms with Gasteiger partial charge in [0, 0.05) is 12.1 Å². The predicted molar refractivity (Wildman–Crippen MR) is 120 cm³/mol. The maximum Gasteiger partial charge on any atom is 0.151 e. The SMILES string of the molecule is C=CC1=C(C/C=C/C)N(c2ccccc2)c2ccc(C)cc2O1.CC.CC. The van der Waals surface area contributed by atoms with E-state index in [-0.39, 0.29) is 0 Å². The van der Waals surface area contributed by atoms with Gasteiger partial charge in [-0.2, -0.15) is 0 Å². The summed E-state index contributed by atoms with van der Waals surface area (Å²) in [6, 6.07) is 16.7. The Morgan fingerprint density at radius 1 is 1.00 bits per heavy atom. The number of benzene rings is 2. The van der Waals surface area contributed by atoms with Crippen molar-refractivity contribution >= 4 is 11.4 Å². The van der Waals surface area contributed by atoms with Crippen molar-refractivity contribution in [2.24, 2.45) is 0 Å². The smallest absolute Gasteiger partial charge is 0.151 e. The van der Waals surface area contributed by atoms with Gasteiger partial charge in [-0.1, -0.05) is 70.7 Å². The average Bonchev–Trinajstić information content (AvgIpc) is 2.74. The fourth-order valence-corrected chi connectivity index (χ4v) is 2.77. The lowest BCUT2D eigenvalue weighted by Gasteiger charge is -2.34. The van der Waals surface area contributed by atoms with Crippen molar-refractivity contribution in [3.05, 3.63) is 90.4 Å². The van der Waals surface area contributed by atoms with Crippen LogP contribution in [0.2, 0.25) is 0 Å². The standard InChI is InChI=1S/C21H21NO.2C2H6/c1-4-6-12-18-20(5-2)23-21-15-16(3)13-14-19(21)22(18)17-10-8-7-9-11-17;2*1-2/h4-11,13-15H,2,12H2,1,3H3;2*1-2H3/b6-4+;;. The molecule has 0 fully saturated rings. The molecule has 0 N–H and O–H groups in total. The number of allylic oxidation sites excluding steroid dienone is 3. The zero-order valence-electron chi connectivity index (χ0n) is 17.6. The van der Waals surface area contributed by atoms with Gasteiger partial charge in [0.05, 0.1) is 11.4 Å². The van der Waals surface area contributed by atoms with Crippen molar-refractivity contribution in [1.29, 1.82) is 0 Å². The van der Waals surface area contributed by atoms with Gasteiger partial charge in [-0.3, -0.25) is 0 Å². The molecule has 2 aromatic carbocycles. The number of rotatable bonds is 4. The molecule has 1 heterocycles. The Balaban J connectivity index is 0.000000855. The molecule has 1 aliphatic heterocycles. The van der Waals surface area contributed by atoms with Crippen LogP contribution in [0.1, 0.15) is 46.6 Å². The van der Waals surface area contributed by atoms with E-state index < -0.39 is 0 Å². The van der Waals surface area contributed by atoms with Crippen LogP contribution in [0.4, 0.5) is 11.4 Å². The molecule has 0 radical (unpaired) electrons. The second kappa shape index (κ2) is 11.8. The van der Waals surface area contributed by atoms with Crippen LogP contribution in [0.25, 0.3) is 0 Å². The zero-order valence-corrected chi connectivity index (χ0v) is 17.6. The summed E-state index contributed by atoms with van der Waals surface area (Å²) in [6.07, 6.45) is 6.78. The van der Waals surface area contributed by atoms with Crippen molar-refractivity contribution in [1.82, 2.24) is 0 Å². The van der Waals surface area contributed by atoms with Gasteiger partial charge in [0.2, 0.25) is 0 Å². The Morgan fingerprint density at radius 3 is 2.26 bits per heavy atom. The van der Waals surface area contributed by atoms with Gasteiger partial charge < -0.3 is 9.64 Å². The van der Waals surface area contributed by atoms with Crippen LogP contribution in [0.15, 0.2) is 84.8 Å². The molecule has 0 aliphatic carbocycles. The van der Waals surface area contributed by atoms with Gasteiger partial charge in [0.1, 0.15) is 5.76 Å². The first kappa shape index (κ1) is 22.3. The quantitative estimate of drug-likeness (QED) is 0.511. The third-order valence-corrected chi connectivity index (χ3v) is 3.88. The van der Waals surface area contributed by atoms with E-state index in [1.54, 1.807) is 6.08 Å². The summed E-state index contributed by atoms with van der Waals surface area (Å²) in [6.45, 7) is 16.0. The number of hydrogen-bond acceptors (Lipinski definition) is 2. The van der Waals surface area contributed by atoms with Gasteiger partial charge in [-0.15, -0.1) is 0 Å². The maximum absolute atomic E-state index is 6.11. The van der Waals surface area contributed by atoms with E-state index in [0.29, 0.717) is 0 Å². The summed E-state index contributed by atoms with van der Waals surface area (Å²) in [7, 11) is 0. The van der Waals surface area contributed by atoms with Crippen LogP contribution >= 0.6 is 0 Å². The molecule has 144 valence electrons. The molecule has 0 atom stereocenters. The third-order valence-electron chi connectivity index (χ3n) is 3.88. The Kier molecular flexibility index (Phi) is 9.74. The highest BCUT2D eigenvalue weighted by molar-refractivity contribution is 5.76. The monoisotopic (exact) mass is 363 g/mol. The molecule has 2 aromatic rings. The summed E-state index contributed by atoms with van der Waals surface area (Å²) in [5.74, 6) is 1.68. The molecule has 0 aromatic heterocycles. The van der Waals surface area contributed by atoms with Crippen molar-refractivity contribution in [3.8, 4) is 5.75 Å². The summed E-state index contributed by atoms with van der Waals surface area (Å²) in [5, 5.41) is 0. The average molecular weight is 364 g/mol. The zero-order chi connectivity index (χ0) is 20.2. The first-order chi connectivity index (χ1) is 13.2. The maximum atomic E-state index is 6.11. The second-order valence-electron chi connectivity index (χ2n) is 5.53. The first-order valence-corrected chi connectivity index (χ1v) is 9.85. The number of fused-ring (bicyclic) bond motifs is 1. The van der Waals surface area contributed by atoms with Crippen molar-refractivity contribution in [2.75, 3.05) is 4.90 Å². The summed E-state index contributed by atoms with van der Waals surface area (Å²) >= 11 is 0. The summed E-state index contributed by atoms with van der Waals surface area (Å²) < 4.78 is 6.11. The minimum Gasteiger partial charge on any atom is -0.453 e. The van der Waals surface area contributed by atoms with Crippen molar-refractivity contribution in [3.63, 3.8) is 0 Å². The fraction of sp³-hybridized carbons (Fsp3) is 0.280. The Hall–Kier alpha value is -2.74. The summed E-state index contributed by atoms with van der Waals surface area (Å²) in [5.41, 5.74) is 4.46. The molecule has 0 bridgehead atoms. The number of para-hydroxylation sites is 1. The number of aryl methyl sites for hydroxylation is 1. The van der Waals surface area contributed by atoms with Crippen LogP contribution in [0, 0.1) is 6.92 Å². The van der Waals surface area contributed by atoms with Gasteiger partial charge >= 0.3 is 0 Å². The molecule has 2 heteroatoms. The Labute approximate surface area is 165 Å². The lowest BCUT2D eigenvalue weighted by atomic mass is 10.1. The van der Waals surface area contributed by atoms with Crippen LogP contribution in [0.5, 0.6) is 5.75 Å². The van der Waals surface area contributed by atoms with E-state index in [0.717, 1.165) is 35.0 Å². The van der Waals surface area contributed by atoms with Crippen molar-refractivity contribution in [2.45, 2.75) is 48.0 Å². The number of nitrogens with zero attached hydrogens (tertiary/aromatic N) is 1. The summed E-state index contributed by atoms with van der Waals surface area (Å²) in [4.78, 5) is 2.26. The largest absolute Gasteiger partial charge is 0.453 e. The molecule has 27 heavy (non-hydrogen) atoms. The molecule has 0 spiro atoms. The third kappa shape index (κ3) is 5.37. The molecule has 1 aliphatic rings. The predicted octanol–water partition coefficient (Wildman–Crippen LogP) is 7.94. The topological polar surface area (TPSA) is 12.5 Å². The van der Waals surface area contributed by atoms with Crippen LogP contribution < -0.4 is 9.64 Å². The van der Waals surface area contributed by atoms with Gasteiger partial charge in [0.25, 0.3) is 0 Å². The Bertz CT molecular complexity index is 772. The molecule has 0 unspecified atom stereocenters. The molecular weight excluding hydrogens is 330 g/mol. The van der Waals surface area contributed by atoms with E-state index in [4.69, 9.17) is 4.74 Å². The van der Waals surface area contributed by atoms with E-state index >= 15 is 0 Å². The highest BCUT2D eigenvalue weighted by Crippen LogP contribution is 2.43. The molecule has 0 amide bonds. The molecule has 2 nitrogen and oxygen atoms in total. The molecule has 3 rings (SSSR count).